The average Bonchev–Trinajstić information content (AvgIpc) is 3.21. The van der Waals surface area contributed by atoms with Crippen LogP contribution in [0.4, 0.5) is 0 Å². The summed E-state index contributed by atoms with van der Waals surface area (Å²) >= 11 is 1.29. The van der Waals surface area contributed by atoms with Gasteiger partial charge in [-0.1, -0.05) is 24.3 Å². The molecule has 0 bridgehead atoms. The summed E-state index contributed by atoms with van der Waals surface area (Å²) in [5, 5.41) is 15.3. The summed E-state index contributed by atoms with van der Waals surface area (Å²) in [7, 11) is 0. The van der Waals surface area contributed by atoms with E-state index >= 15 is 0 Å². The first kappa shape index (κ1) is 14.6. The third kappa shape index (κ3) is 2.39. The van der Waals surface area contributed by atoms with Crippen LogP contribution in [0.2, 0.25) is 0 Å². The third-order valence-corrected chi connectivity index (χ3v) is 4.60. The molecule has 0 radical (unpaired) electrons. The highest BCUT2D eigenvalue weighted by atomic mass is 32.2. The zero-order valence-electron chi connectivity index (χ0n) is 12.7. The zero-order chi connectivity index (χ0) is 16.7. The molecule has 0 unspecified atom stereocenters. The molecule has 0 saturated heterocycles. The number of hydrazone groups is 1. The minimum absolute atomic E-state index is 0.00233. The Morgan fingerprint density at radius 1 is 1.25 bits per heavy atom. The molecule has 2 aromatic rings. The van der Waals surface area contributed by atoms with Crippen molar-refractivity contribution in [2.24, 2.45) is 10.1 Å². The number of aryl methyl sites for hydroxylation is 1. The SMILES string of the molecule is Cc1ccccc1C1=NN2C(=N)C(=Cc3ccco3)C(=O)N=C2S1. The summed E-state index contributed by atoms with van der Waals surface area (Å²) in [6.45, 7) is 2.00. The van der Waals surface area contributed by atoms with E-state index in [1.807, 2.05) is 31.2 Å². The van der Waals surface area contributed by atoms with Gasteiger partial charge >= 0.3 is 0 Å². The molecule has 2 aliphatic rings. The van der Waals surface area contributed by atoms with E-state index < -0.39 is 5.91 Å². The van der Waals surface area contributed by atoms with Crippen LogP contribution in [0.5, 0.6) is 0 Å². The second-order valence-electron chi connectivity index (χ2n) is 5.26. The van der Waals surface area contributed by atoms with E-state index in [4.69, 9.17) is 9.83 Å². The van der Waals surface area contributed by atoms with E-state index in [2.05, 4.69) is 10.1 Å². The lowest BCUT2D eigenvalue weighted by Gasteiger charge is -2.19. The van der Waals surface area contributed by atoms with Gasteiger partial charge in [-0.25, -0.2) is 0 Å². The summed E-state index contributed by atoms with van der Waals surface area (Å²) < 4.78 is 5.22. The van der Waals surface area contributed by atoms with Gasteiger partial charge in [-0.15, -0.1) is 0 Å². The zero-order valence-corrected chi connectivity index (χ0v) is 13.5. The fraction of sp³-hybridized carbons (Fsp3) is 0.0588. The Morgan fingerprint density at radius 2 is 2.08 bits per heavy atom. The molecule has 1 N–H and O–H groups in total. The number of thioether (sulfide) groups is 1. The number of nitrogens with zero attached hydrogens (tertiary/aromatic N) is 3. The van der Waals surface area contributed by atoms with E-state index in [9.17, 15) is 4.79 Å². The van der Waals surface area contributed by atoms with Gasteiger partial charge in [0.15, 0.2) is 5.84 Å². The Morgan fingerprint density at radius 3 is 2.83 bits per heavy atom. The summed E-state index contributed by atoms with van der Waals surface area (Å²) in [5.41, 5.74) is 2.20. The fourth-order valence-corrected chi connectivity index (χ4v) is 3.41. The highest BCUT2D eigenvalue weighted by Crippen LogP contribution is 2.31. The Hall–Kier alpha value is -2.93. The molecule has 24 heavy (non-hydrogen) atoms. The number of carbonyl (C=O) groups is 1. The van der Waals surface area contributed by atoms with Crippen molar-refractivity contribution < 1.29 is 9.21 Å². The molecule has 6 nitrogen and oxygen atoms in total. The van der Waals surface area contributed by atoms with Gasteiger partial charge in [-0.05, 0) is 42.5 Å². The van der Waals surface area contributed by atoms with Crippen molar-refractivity contribution in [3.05, 3.63) is 65.1 Å². The molecular weight excluding hydrogens is 324 g/mol. The maximum Gasteiger partial charge on any atom is 0.283 e. The van der Waals surface area contributed by atoms with Crippen LogP contribution < -0.4 is 0 Å². The monoisotopic (exact) mass is 336 g/mol. The third-order valence-electron chi connectivity index (χ3n) is 3.66. The van der Waals surface area contributed by atoms with E-state index in [1.165, 1.54) is 29.1 Å². The number of carbonyl (C=O) groups excluding carboxylic acids is 1. The lowest BCUT2D eigenvalue weighted by molar-refractivity contribution is -0.114. The number of nitrogens with one attached hydrogen (secondary N) is 1. The topological polar surface area (TPSA) is 82.0 Å². The van der Waals surface area contributed by atoms with Crippen LogP contribution in [-0.2, 0) is 4.79 Å². The van der Waals surface area contributed by atoms with Crippen molar-refractivity contribution in [2.45, 2.75) is 6.92 Å². The second kappa shape index (κ2) is 5.61. The highest BCUT2D eigenvalue weighted by molar-refractivity contribution is 8.27. The number of aliphatic imine (C=N–C) groups is 1. The van der Waals surface area contributed by atoms with Crippen LogP contribution in [0.3, 0.4) is 0 Å². The van der Waals surface area contributed by atoms with Crippen molar-refractivity contribution in [1.29, 1.82) is 5.41 Å². The first-order chi connectivity index (χ1) is 11.6. The molecule has 0 fully saturated rings. The quantitative estimate of drug-likeness (QED) is 0.854. The highest BCUT2D eigenvalue weighted by Gasteiger charge is 2.36. The number of fused-ring (bicyclic) bond motifs is 1. The molecule has 3 heterocycles. The molecule has 0 saturated carbocycles. The van der Waals surface area contributed by atoms with Crippen molar-refractivity contribution in [3.63, 3.8) is 0 Å². The average molecular weight is 336 g/mol. The Labute approximate surface area is 142 Å². The normalized spacial score (nSPS) is 18.7. The van der Waals surface area contributed by atoms with Crippen LogP contribution in [0.25, 0.3) is 6.08 Å². The predicted molar refractivity (Wildman–Crippen MR) is 94.0 cm³/mol. The van der Waals surface area contributed by atoms with Crippen LogP contribution in [0.15, 0.2) is 62.7 Å². The summed E-state index contributed by atoms with van der Waals surface area (Å²) in [6.07, 6.45) is 3.02. The summed E-state index contributed by atoms with van der Waals surface area (Å²) in [5.74, 6) is 0.0329. The Balaban J connectivity index is 1.73. The Kier molecular flexibility index (Phi) is 3.42. The minimum Gasteiger partial charge on any atom is -0.465 e. The molecule has 1 aromatic heterocycles. The Bertz CT molecular complexity index is 941. The second-order valence-corrected chi connectivity index (χ2v) is 6.21. The van der Waals surface area contributed by atoms with Crippen LogP contribution >= 0.6 is 11.8 Å². The van der Waals surface area contributed by atoms with E-state index in [1.54, 1.807) is 12.1 Å². The number of amidine groups is 2. The predicted octanol–water partition coefficient (Wildman–Crippen LogP) is 3.26. The molecule has 1 amide bonds. The molecule has 1 aromatic carbocycles. The first-order valence-electron chi connectivity index (χ1n) is 7.23. The van der Waals surface area contributed by atoms with Gasteiger partial charge in [0, 0.05) is 5.56 Å². The van der Waals surface area contributed by atoms with Crippen LogP contribution in [0.1, 0.15) is 16.9 Å². The number of hydrogen-bond donors (Lipinski definition) is 1. The van der Waals surface area contributed by atoms with Gasteiger partial charge in [-0.2, -0.15) is 15.1 Å². The van der Waals surface area contributed by atoms with Crippen LogP contribution in [0, 0.1) is 12.3 Å². The van der Waals surface area contributed by atoms with Crippen molar-refractivity contribution in [1.82, 2.24) is 5.01 Å². The van der Waals surface area contributed by atoms with E-state index in [0.29, 0.717) is 10.9 Å². The van der Waals surface area contributed by atoms with Crippen molar-refractivity contribution >= 4 is 39.8 Å². The van der Waals surface area contributed by atoms with Crippen molar-refractivity contribution in [3.8, 4) is 0 Å². The molecule has 2 aliphatic heterocycles. The molecule has 118 valence electrons. The number of hydrogen-bond acceptors (Lipinski definition) is 5. The molecule has 0 aliphatic carbocycles. The van der Waals surface area contributed by atoms with Crippen LogP contribution in [-0.4, -0.2) is 27.0 Å². The molecule has 0 atom stereocenters. The lowest BCUT2D eigenvalue weighted by Crippen LogP contribution is -2.35. The van der Waals surface area contributed by atoms with Crippen molar-refractivity contribution in [2.75, 3.05) is 0 Å². The maximum atomic E-state index is 12.3. The fourth-order valence-electron chi connectivity index (χ4n) is 2.43. The molecule has 0 spiro atoms. The maximum absolute atomic E-state index is 12.3. The number of benzene rings is 1. The summed E-state index contributed by atoms with van der Waals surface area (Å²) in [6, 6.07) is 11.3. The van der Waals surface area contributed by atoms with Gasteiger partial charge in [0.05, 0.1) is 11.8 Å². The number of furan rings is 1. The number of amides is 1. The van der Waals surface area contributed by atoms with Gasteiger partial charge in [0.2, 0.25) is 5.17 Å². The molecular formula is C17H12N4O2S. The van der Waals surface area contributed by atoms with E-state index in [-0.39, 0.29) is 11.4 Å². The summed E-state index contributed by atoms with van der Waals surface area (Å²) in [4.78, 5) is 16.3. The van der Waals surface area contributed by atoms with Gasteiger partial charge < -0.3 is 4.42 Å². The standard InChI is InChI=1S/C17H12N4O2S/c1-10-5-2-3-7-12(10)16-20-21-14(18)13(9-11-6-4-8-23-11)15(22)19-17(21)24-16/h2-9,18H,1H3. The van der Waals surface area contributed by atoms with Gasteiger partial charge in [0.1, 0.15) is 10.8 Å². The first-order valence-corrected chi connectivity index (χ1v) is 8.05. The minimum atomic E-state index is -0.462. The lowest BCUT2D eigenvalue weighted by atomic mass is 10.1. The van der Waals surface area contributed by atoms with Gasteiger partial charge in [-0.3, -0.25) is 10.2 Å². The van der Waals surface area contributed by atoms with E-state index in [0.717, 1.165) is 16.2 Å². The molecule has 7 heteroatoms. The smallest absolute Gasteiger partial charge is 0.283 e. The number of rotatable bonds is 2. The molecule has 4 rings (SSSR count). The van der Waals surface area contributed by atoms with Gasteiger partial charge in [0.25, 0.3) is 5.91 Å². The largest absolute Gasteiger partial charge is 0.465 e.